The molecular weight excluding hydrogens is 303 g/mol. The van der Waals surface area contributed by atoms with E-state index in [1.54, 1.807) is 6.07 Å². The molecule has 0 atom stereocenters. The summed E-state index contributed by atoms with van der Waals surface area (Å²) >= 11 is 11.7. The molecule has 0 aliphatic rings. The number of anilines is 1. The van der Waals surface area contributed by atoms with Gasteiger partial charge >= 0.3 is 5.97 Å². The van der Waals surface area contributed by atoms with Gasteiger partial charge in [0.1, 0.15) is 5.15 Å². The van der Waals surface area contributed by atoms with Gasteiger partial charge in [-0.15, -0.1) is 0 Å². The number of nitrogens with zero attached hydrogens (tertiary/aromatic N) is 1. The molecule has 0 aliphatic carbocycles. The Morgan fingerprint density at radius 3 is 2.60 bits per heavy atom. The highest BCUT2D eigenvalue weighted by Gasteiger charge is 2.14. The van der Waals surface area contributed by atoms with E-state index in [1.165, 1.54) is 30.5 Å². The number of carboxylic acids is 1. The topological polar surface area (TPSA) is 79.3 Å². The summed E-state index contributed by atoms with van der Waals surface area (Å²) in [5.41, 5.74) is 0.379. The summed E-state index contributed by atoms with van der Waals surface area (Å²) in [7, 11) is 0. The monoisotopic (exact) mass is 310 g/mol. The van der Waals surface area contributed by atoms with Crippen molar-refractivity contribution in [2.75, 3.05) is 5.32 Å². The number of halogens is 2. The van der Waals surface area contributed by atoms with Crippen LogP contribution in [0.15, 0.2) is 36.5 Å². The fraction of sp³-hybridized carbons (Fsp3) is 0. The lowest BCUT2D eigenvalue weighted by atomic mass is 10.2. The molecule has 7 heteroatoms. The number of pyridine rings is 1. The van der Waals surface area contributed by atoms with Crippen molar-refractivity contribution < 1.29 is 14.7 Å². The molecule has 20 heavy (non-hydrogen) atoms. The van der Waals surface area contributed by atoms with E-state index in [1.807, 2.05) is 0 Å². The first kappa shape index (κ1) is 14.3. The average molecular weight is 311 g/mol. The van der Waals surface area contributed by atoms with Crippen LogP contribution in [0.25, 0.3) is 0 Å². The number of amides is 1. The van der Waals surface area contributed by atoms with Gasteiger partial charge in [-0.2, -0.15) is 0 Å². The summed E-state index contributed by atoms with van der Waals surface area (Å²) < 4.78 is 0. The lowest BCUT2D eigenvalue weighted by Gasteiger charge is -2.08. The number of benzene rings is 1. The molecule has 2 aromatic rings. The van der Waals surface area contributed by atoms with E-state index in [2.05, 4.69) is 10.3 Å². The van der Waals surface area contributed by atoms with Gasteiger partial charge in [-0.1, -0.05) is 23.2 Å². The molecule has 0 saturated heterocycles. The van der Waals surface area contributed by atoms with Gasteiger partial charge in [0, 0.05) is 6.20 Å². The summed E-state index contributed by atoms with van der Waals surface area (Å²) in [4.78, 5) is 26.7. The third-order valence-electron chi connectivity index (χ3n) is 2.47. The van der Waals surface area contributed by atoms with Crippen molar-refractivity contribution >= 4 is 40.8 Å². The average Bonchev–Trinajstić information content (AvgIpc) is 2.41. The fourth-order valence-corrected chi connectivity index (χ4v) is 1.87. The highest BCUT2D eigenvalue weighted by atomic mass is 35.5. The third kappa shape index (κ3) is 3.07. The van der Waals surface area contributed by atoms with E-state index < -0.39 is 11.9 Å². The quantitative estimate of drug-likeness (QED) is 0.852. The van der Waals surface area contributed by atoms with Gasteiger partial charge in [-0.05, 0) is 30.3 Å². The van der Waals surface area contributed by atoms with Crippen LogP contribution < -0.4 is 5.32 Å². The van der Waals surface area contributed by atoms with Gasteiger partial charge in [0.15, 0.2) is 0 Å². The molecule has 0 fully saturated rings. The molecule has 2 N–H and O–H groups in total. The lowest BCUT2D eigenvalue weighted by Crippen LogP contribution is -2.13. The normalized spacial score (nSPS) is 10.1. The van der Waals surface area contributed by atoms with Crippen molar-refractivity contribution in [2.24, 2.45) is 0 Å². The molecule has 1 heterocycles. The Morgan fingerprint density at radius 2 is 1.95 bits per heavy atom. The first-order chi connectivity index (χ1) is 9.49. The van der Waals surface area contributed by atoms with Crippen molar-refractivity contribution in [3.63, 3.8) is 0 Å². The summed E-state index contributed by atoms with van der Waals surface area (Å²) in [5, 5.41) is 11.7. The first-order valence-electron chi connectivity index (χ1n) is 5.44. The molecule has 1 amide bonds. The highest BCUT2D eigenvalue weighted by molar-refractivity contribution is 6.35. The maximum Gasteiger partial charge on any atom is 0.335 e. The zero-order valence-corrected chi connectivity index (χ0v) is 11.4. The van der Waals surface area contributed by atoms with Crippen LogP contribution in [0.4, 0.5) is 5.69 Å². The van der Waals surface area contributed by atoms with Crippen LogP contribution >= 0.6 is 23.2 Å². The summed E-state index contributed by atoms with van der Waals surface area (Å²) in [6.07, 6.45) is 1.46. The number of carbonyl (C=O) groups excluding carboxylic acids is 1. The van der Waals surface area contributed by atoms with Crippen LogP contribution in [0.3, 0.4) is 0 Å². The second-order valence-electron chi connectivity index (χ2n) is 3.80. The van der Waals surface area contributed by atoms with E-state index in [9.17, 15) is 9.59 Å². The minimum Gasteiger partial charge on any atom is -0.478 e. The standard InChI is InChI=1S/C13H8Cl2N2O3/c14-9-4-3-7(13(19)20)6-10(9)17-12(18)8-2-1-5-16-11(8)15/h1-6H,(H,17,18)(H,19,20). The number of aromatic carboxylic acids is 1. The summed E-state index contributed by atoms with van der Waals surface area (Å²) in [5.74, 6) is -1.64. The van der Waals surface area contributed by atoms with Crippen LogP contribution in [0.1, 0.15) is 20.7 Å². The van der Waals surface area contributed by atoms with E-state index in [-0.39, 0.29) is 27.0 Å². The van der Waals surface area contributed by atoms with Gasteiger partial charge in [0.2, 0.25) is 0 Å². The van der Waals surface area contributed by atoms with Crippen molar-refractivity contribution in [1.82, 2.24) is 4.98 Å². The van der Waals surface area contributed by atoms with E-state index in [0.29, 0.717) is 0 Å². The van der Waals surface area contributed by atoms with E-state index >= 15 is 0 Å². The zero-order valence-electron chi connectivity index (χ0n) is 9.93. The molecule has 0 saturated carbocycles. The Bertz CT molecular complexity index is 689. The Hall–Kier alpha value is -2.11. The van der Waals surface area contributed by atoms with Crippen molar-refractivity contribution in [3.05, 3.63) is 57.8 Å². The minimum atomic E-state index is -1.11. The van der Waals surface area contributed by atoms with Crippen LogP contribution in [0, 0.1) is 0 Å². The van der Waals surface area contributed by atoms with Crippen molar-refractivity contribution in [3.8, 4) is 0 Å². The highest BCUT2D eigenvalue weighted by Crippen LogP contribution is 2.24. The number of carbonyl (C=O) groups is 2. The minimum absolute atomic E-state index is 0.0157. The van der Waals surface area contributed by atoms with Gasteiger partial charge in [0.05, 0.1) is 21.8 Å². The summed E-state index contributed by atoms with van der Waals surface area (Å²) in [6.45, 7) is 0. The zero-order chi connectivity index (χ0) is 14.7. The first-order valence-corrected chi connectivity index (χ1v) is 6.19. The molecule has 0 radical (unpaired) electrons. The number of hydrogen-bond acceptors (Lipinski definition) is 3. The second-order valence-corrected chi connectivity index (χ2v) is 4.56. The van der Waals surface area contributed by atoms with Gasteiger partial charge in [-0.3, -0.25) is 4.79 Å². The molecule has 1 aromatic heterocycles. The number of rotatable bonds is 3. The fourth-order valence-electron chi connectivity index (χ4n) is 1.50. The van der Waals surface area contributed by atoms with Crippen molar-refractivity contribution in [1.29, 1.82) is 0 Å². The molecule has 0 aliphatic heterocycles. The SMILES string of the molecule is O=C(O)c1ccc(Cl)c(NC(=O)c2cccnc2Cl)c1. The second kappa shape index (κ2) is 5.90. The Kier molecular flexibility index (Phi) is 4.22. The van der Waals surface area contributed by atoms with E-state index in [0.717, 1.165) is 0 Å². The molecule has 0 bridgehead atoms. The Labute approximate surface area is 124 Å². The van der Waals surface area contributed by atoms with Gasteiger partial charge in [0.25, 0.3) is 5.91 Å². The molecular formula is C13H8Cl2N2O3. The largest absolute Gasteiger partial charge is 0.478 e. The molecule has 0 unspecified atom stereocenters. The number of carboxylic acid groups (broad SMARTS) is 1. The van der Waals surface area contributed by atoms with Crippen LogP contribution in [0.5, 0.6) is 0 Å². The number of aromatic nitrogens is 1. The smallest absolute Gasteiger partial charge is 0.335 e. The molecule has 5 nitrogen and oxygen atoms in total. The molecule has 2 rings (SSSR count). The molecule has 0 spiro atoms. The summed E-state index contributed by atoms with van der Waals surface area (Å²) in [6, 6.07) is 7.07. The van der Waals surface area contributed by atoms with E-state index in [4.69, 9.17) is 28.3 Å². The van der Waals surface area contributed by atoms with Crippen LogP contribution in [-0.2, 0) is 0 Å². The lowest BCUT2D eigenvalue weighted by molar-refractivity contribution is 0.0696. The molecule has 102 valence electrons. The number of nitrogens with one attached hydrogen (secondary N) is 1. The Morgan fingerprint density at radius 1 is 1.20 bits per heavy atom. The number of hydrogen-bond donors (Lipinski definition) is 2. The Balaban J connectivity index is 2.30. The maximum absolute atomic E-state index is 12.0. The maximum atomic E-state index is 12.0. The predicted octanol–water partition coefficient (Wildman–Crippen LogP) is 3.34. The third-order valence-corrected chi connectivity index (χ3v) is 3.10. The van der Waals surface area contributed by atoms with Crippen LogP contribution in [-0.4, -0.2) is 22.0 Å². The van der Waals surface area contributed by atoms with Crippen LogP contribution in [0.2, 0.25) is 10.2 Å². The molecule has 1 aromatic carbocycles. The van der Waals surface area contributed by atoms with Gasteiger partial charge in [-0.25, -0.2) is 9.78 Å². The predicted molar refractivity (Wildman–Crippen MR) is 75.6 cm³/mol. The van der Waals surface area contributed by atoms with Gasteiger partial charge < -0.3 is 10.4 Å². The van der Waals surface area contributed by atoms with Crippen molar-refractivity contribution in [2.45, 2.75) is 0 Å².